The van der Waals surface area contributed by atoms with Gasteiger partial charge in [-0.05, 0) is 35.9 Å². The fourth-order valence-electron chi connectivity index (χ4n) is 2.43. The van der Waals surface area contributed by atoms with Crippen molar-refractivity contribution in [2.24, 2.45) is 0 Å². The van der Waals surface area contributed by atoms with E-state index in [9.17, 15) is 14.4 Å². The zero-order valence-electron chi connectivity index (χ0n) is 17.0. The number of methoxy groups -OCH3 is 3. The van der Waals surface area contributed by atoms with Gasteiger partial charge in [-0.2, -0.15) is 0 Å². The molecule has 1 N–H and O–H groups in total. The Morgan fingerprint density at radius 1 is 0.967 bits per heavy atom. The van der Waals surface area contributed by atoms with Gasteiger partial charge < -0.3 is 24.3 Å². The number of rotatable bonds is 9. The maximum absolute atomic E-state index is 11.9. The molecule has 0 saturated carbocycles. The van der Waals surface area contributed by atoms with Gasteiger partial charge in [0.25, 0.3) is 5.91 Å². The number of nitrogens with one attached hydrogen (secondary N) is 1. The Hall–Kier alpha value is -3.81. The number of hydrogen-bond acceptors (Lipinski definition) is 7. The van der Waals surface area contributed by atoms with Gasteiger partial charge >= 0.3 is 11.9 Å². The van der Waals surface area contributed by atoms with Crippen molar-refractivity contribution in [3.63, 3.8) is 0 Å². The van der Waals surface area contributed by atoms with Gasteiger partial charge in [-0.3, -0.25) is 4.79 Å². The third kappa shape index (κ3) is 6.66. The van der Waals surface area contributed by atoms with Crippen LogP contribution in [0.3, 0.4) is 0 Å². The maximum atomic E-state index is 11.9. The molecule has 1 amide bonds. The summed E-state index contributed by atoms with van der Waals surface area (Å²) in [5, 5.41) is 2.63. The minimum atomic E-state index is -0.662. The highest BCUT2D eigenvalue weighted by Gasteiger charge is 2.08. The van der Waals surface area contributed by atoms with Gasteiger partial charge in [0.2, 0.25) is 0 Å². The predicted molar refractivity (Wildman–Crippen MR) is 109 cm³/mol. The zero-order valence-corrected chi connectivity index (χ0v) is 17.0. The summed E-state index contributed by atoms with van der Waals surface area (Å²) < 4.78 is 19.9. The molecule has 0 aromatic heterocycles. The minimum Gasteiger partial charge on any atom is -0.497 e. The molecule has 2 aromatic rings. The Kier molecular flexibility index (Phi) is 8.43. The molecular formula is C22H23NO7. The van der Waals surface area contributed by atoms with Crippen LogP contribution in [-0.2, 0) is 25.6 Å². The highest BCUT2D eigenvalue weighted by atomic mass is 16.5. The monoisotopic (exact) mass is 413 g/mol. The number of amides is 1. The van der Waals surface area contributed by atoms with Gasteiger partial charge in [-0.15, -0.1) is 0 Å². The van der Waals surface area contributed by atoms with Crippen molar-refractivity contribution in [2.75, 3.05) is 27.9 Å². The van der Waals surface area contributed by atoms with Crippen LogP contribution in [-0.4, -0.2) is 45.8 Å². The van der Waals surface area contributed by atoms with E-state index < -0.39 is 24.5 Å². The third-order valence-electron chi connectivity index (χ3n) is 4.05. The molecule has 0 atom stereocenters. The Morgan fingerprint density at radius 3 is 2.33 bits per heavy atom. The summed E-state index contributed by atoms with van der Waals surface area (Å²) in [5.74, 6) is -0.378. The first-order valence-electron chi connectivity index (χ1n) is 8.97. The molecule has 0 radical (unpaired) electrons. The average molecular weight is 413 g/mol. The molecule has 30 heavy (non-hydrogen) atoms. The molecule has 0 unspecified atom stereocenters. The Balaban J connectivity index is 1.80. The molecule has 8 heteroatoms. The van der Waals surface area contributed by atoms with E-state index in [2.05, 4.69) is 10.1 Å². The highest BCUT2D eigenvalue weighted by Crippen LogP contribution is 2.25. The van der Waals surface area contributed by atoms with Crippen LogP contribution in [0.4, 0.5) is 0 Å². The molecule has 2 aromatic carbocycles. The number of esters is 2. The summed E-state index contributed by atoms with van der Waals surface area (Å²) in [6, 6.07) is 11.8. The molecule has 2 rings (SSSR count). The van der Waals surface area contributed by atoms with E-state index in [4.69, 9.17) is 14.2 Å². The Morgan fingerprint density at radius 2 is 1.70 bits per heavy atom. The van der Waals surface area contributed by atoms with Gasteiger partial charge in [0, 0.05) is 24.3 Å². The third-order valence-corrected chi connectivity index (χ3v) is 4.05. The van der Waals surface area contributed by atoms with Crippen molar-refractivity contribution in [1.82, 2.24) is 5.32 Å². The van der Waals surface area contributed by atoms with Gasteiger partial charge in [-0.25, -0.2) is 9.59 Å². The standard InChI is InChI=1S/C22H23NO7/c1-27-18-10-8-16(19(12-18)28-2)9-11-21(25)30-14-20(24)23-13-15-4-6-17(7-5-15)22(26)29-3/h4-12H,13-14H2,1-3H3,(H,23,24)/b11-9+. The molecule has 158 valence electrons. The van der Waals surface area contributed by atoms with Crippen molar-refractivity contribution in [2.45, 2.75) is 6.54 Å². The fraction of sp³-hybridized carbons (Fsp3) is 0.227. The first-order valence-corrected chi connectivity index (χ1v) is 8.97. The zero-order chi connectivity index (χ0) is 21.9. The van der Waals surface area contributed by atoms with E-state index >= 15 is 0 Å². The van der Waals surface area contributed by atoms with Gasteiger partial charge in [0.15, 0.2) is 6.61 Å². The normalized spacial score (nSPS) is 10.4. The van der Waals surface area contributed by atoms with Crippen LogP contribution in [0.2, 0.25) is 0 Å². The van der Waals surface area contributed by atoms with Crippen LogP contribution in [0, 0.1) is 0 Å². The smallest absolute Gasteiger partial charge is 0.337 e. The second kappa shape index (κ2) is 11.3. The van der Waals surface area contributed by atoms with Gasteiger partial charge in [-0.1, -0.05) is 12.1 Å². The SMILES string of the molecule is COC(=O)c1ccc(CNC(=O)COC(=O)/C=C/c2ccc(OC)cc2OC)cc1. The lowest BCUT2D eigenvalue weighted by Crippen LogP contribution is -2.28. The van der Waals surface area contributed by atoms with Crippen molar-refractivity contribution in [3.8, 4) is 11.5 Å². The first-order chi connectivity index (χ1) is 14.5. The van der Waals surface area contributed by atoms with Crippen LogP contribution in [0.1, 0.15) is 21.5 Å². The van der Waals surface area contributed by atoms with Gasteiger partial charge in [0.1, 0.15) is 11.5 Å². The maximum Gasteiger partial charge on any atom is 0.337 e. The Bertz CT molecular complexity index is 920. The molecule has 0 aliphatic carbocycles. The summed E-state index contributed by atoms with van der Waals surface area (Å²) in [6.45, 7) is -0.181. The number of hydrogen-bond donors (Lipinski definition) is 1. The number of carbonyl (C=O) groups is 3. The predicted octanol–water partition coefficient (Wildman–Crippen LogP) is 2.36. The van der Waals surface area contributed by atoms with Crippen LogP contribution < -0.4 is 14.8 Å². The van der Waals surface area contributed by atoms with Crippen LogP contribution in [0.5, 0.6) is 11.5 Å². The number of carbonyl (C=O) groups excluding carboxylic acids is 3. The summed E-state index contributed by atoms with van der Waals surface area (Å²) in [4.78, 5) is 35.1. The largest absolute Gasteiger partial charge is 0.497 e. The van der Waals surface area contributed by atoms with E-state index in [1.54, 1.807) is 49.6 Å². The van der Waals surface area contributed by atoms with E-state index in [1.807, 2.05) is 0 Å². The highest BCUT2D eigenvalue weighted by molar-refractivity contribution is 5.90. The lowest BCUT2D eigenvalue weighted by molar-refractivity contribution is -0.143. The molecule has 0 aliphatic heterocycles. The summed E-state index contributed by atoms with van der Waals surface area (Å²) in [7, 11) is 4.36. The lowest BCUT2D eigenvalue weighted by Gasteiger charge is -2.07. The van der Waals surface area contributed by atoms with E-state index in [0.29, 0.717) is 22.6 Å². The number of ether oxygens (including phenoxy) is 4. The summed E-state index contributed by atoms with van der Waals surface area (Å²) in [6.07, 6.45) is 2.74. The second-order valence-electron chi connectivity index (χ2n) is 6.01. The molecule has 0 saturated heterocycles. The van der Waals surface area contributed by atoms with E-state index in [0.717, 1.165) is 5.56 Å². The van der Waals surface area contributed by atoms with Crippen molar-refractivity contribution in [3.05, 3.63) is 65.2 Å². The molecular weight excluding hydrogens is 390 g/mol. The lowest BCUT2D eigenvalue weighted by atomic mass is 10.1. The van der Waals surface area contributed by atoms with E-state index in [1.165, 1.54) is 26.4 Å². The van der Waals surface area contributed by atoms with E-state index in [-0.39, 0.29) is 6.54 Å². The second-order valence-corrected chi connectivity index (χ2v) is 6.01. The number of benzene rings is 2. The molecule has 0 spiro atoms. The fourth-order valence-corrected chi connectivity index (χ4v) is 2.43. The molecule has 8 nitrogen and oxygen atoms in total. The minimum absolute atomic E-state index is 0.233. The van der Waals surface area contributed by atoms with Gasteiger partial charge in [0.05, 0.1) is 26.9 Å². The van der Waals surface area contributed by atoms with Crippen LogP contribution >= 0.6 is 0 Å². The van der Waals surface area contributed by atoms with Crippen LogP contribution in [0.25, 0.3) is 6.08 Å². The van der Waals surface area contributed by atoms with Crippen LogP contribution in [0.15, 0.2) is 48.5 Å². The topological polar surface area (TPSA) is 100 Å². The quantitative estimate of drug-likeness (QED) is 0.498. The molecule has 0 heterocycles. The first kappa shape index (κ1) is 22.5. The summed E-state index contributed by atoms with van der Waals surface area (Å²) in [5.41, 5.74) is 1.87. The summed E-state index contributed by atoms with van der Waals surface area (Å²) >= 11 is 0. The Labute approximate surface area is 174 Å². The molecule has 0 fully saturated rings. The molecule has 0 aliphatic rings. The van der Waals surface area contributed by atoms with Crippen molar-refractivity contribution < 1.29 is 33.3 Å². The average Bonchev–Trinajstić information content (AvgIpc) is 2.79. The van der Waals surface area contributed by atoms with Crippen molar-refractivity contribution in [1.29, 1.82) is 0 Å². The molecule has 0 bridgehead atoms. The van der Waals surface area contributed by atoms with Crippen molar-refractivity contribution >= 4 is 23.9 Å².